The Morgan fingerprint density at radius 1 is 1.25 bits per heavy atom. The molecular weight excluding hydrogens is 324 g/mol. The number of halogens is 1. The van der Waals surface area contributed by atoms with Crippen molar-refractivity contribution in [2.45, 2.75) is 6.54 Å². The average molecular weight is 345 g/mol. The second kappa shape index (κ2) is 9.11. The Labute approximate surface area is 147 Å². The van der Waals surface area contributed by atoms with Crippen LogP contribution in [0.5, 0.6) is 5.75 Å². The Hall–Kier alpha value is -2.30. The van der Waals surface area contributed by atoms with E-state index in [0.29, 0.717) is 23.9 Å². The second-order valence-electron chi connectivity index (χ2n) is 5.44. The summed E-state index contributed by atoms with van der Waals surface area (Å²) in [5.74, 6) is 0.703. The van der Waals surface area contributed by atoms with Crippen LogP contribution in [0.3, 0.4) is 0 Å². The number of carbonyl (C=O) groups excluding carboxylic acids is 1. The summed E-state index contributed by atoms with van der Waals surface area (Å²) in [5.41, 5.74) is 1.73. The van der Waals surface area contributed by atoms with Gasteiger partial charge in [-0.2, -0.15) is 0 Å². The van der Waals surface area contributed by atoms with Gasteiger partial charge in [-0.1, -0.05) is 48.5 Å². The topological polar surface area (TPSA) is 41.6 Å². The highest BCUT2D eigenvalue weighted by Gasteiger charge is 2.09. The minimum atomic E-state index is -0.100. The van der Waals surface area contributed by atoms with E-state index >= 15 is 0 Å². The molecule has 0 saturated carbocycles. The summed E-state index contributed by atoms with van der Waals surface area (Å²) in [6, 6.07) is 15.0. The van der Waals surface area contributed by atoms with Crippen molar-refractivity contribution in [3.8, 4) is 5.75 Å². The SMILES string of the molecule is C=CCOc1ccc(CN(C)CC(=O)Nc2ccccc2Cl)cc1. The lowest BCUT2D eigenvalue weighted by molar-refractivity contribution is -0.117. The zero-order chi connectivity index (χ0) is 17.4. The van der Waals surface area contributed by atoms with Crippen LogP contribution >= 0.6 is 11.6 Å². The van der Waals surface area contributed by atoms with Crippen molar-refractivity contribution < 1.29 is 9.53 Å². The molecule has 1 N–H and O–H groups in total. The van der Waals surface area contributed by atoms with Crippen molar-refractivity contribution in [2.75, 3.05) is 25.5 Å². The van der Waals surface area contributed by atoms with Crippen LogP contribution in [0.25, 0.3) is 0 Å². The summed E-state index contributed by atoms with van der Waals surface area (Å²) in [6.07, 6.45) is 1.71. The van der Waals surface area contributed by atoms with Crippen LogP contribution in [0.15, 0.2) is 61.2 Å². The summed E-state index contributed by atoms with van der Waals surface area (Å²) in [5, 5.41) is 3.35. The maximum Gasteiger partial charge on any atom is 0.238 e. The molecule has 0 aliphatic carbocycles. The number of likely N-dealkylation sites (N-methyl/N-ethyl adjacent to an activating group) is 1. The maximum atomic E-state index is 12.1. The summed E-state index contributed by atoms with van der Waals surface area (Å²) in [4.78, 5) is 14.0. The van der Waals surface area contributed by atoms with Gasteiger partial charge in [0.2, 0.25) is 5.91 Å². The molecule has 24 heavy (non-hydrogen) atoms. The first kappa shape index (κ1) is 18.0. The first-order chi connectivity index (χ1) is 11.6. The quantitative estimate of drug-likeness (QED) is 0.736. The lowest BCUT2D eigenvalue weighted by Gasteiger charge is -2.17. The van der Waals surface area contributed by atoms with Gasteiger partial charge in [0.1, 0.15) is 12.4 Å². The number of amides is 1. The number of nitrogens with zero attached hydrogens (tertiary/aromatic N) is 1. The van der Waals surface area contributed by atoms with Gasteiger partial charge in [0, 0.05) is 6.54 Å². The largest absolute Gasteiger partial charge is 0.490 e. The highest BCUT2D eigenvalue weighted by molar-refractivity contribution is 6.33. The fourth-order valence-corrected chi connectivity index (χ4v) is 2.39. The van der Waals surface area contributed by atoms with Crippen LogP contribution < -0.4 is 10.1 Å². The molecule has 2 rings (SSSR count). The van der Waals surface area contributed by atoms with E-state index in [1.165, 1.54) is 0 Å². The zero-order valence-electron chi connectivity index (χ0n) is 13.7. The monoisotopic (exact) mass is 344 g/mol. The van der Waals surface area contributed by atoms with Gasteiger partial charge in [-0.15, -0.1) is 0 Å². The Morgan fingerprint density at radius 3 is 2.62 bits per heavy atom. The standard InChI is InChI=1S/C19H21ClN2O2/c1-3-12-24-16-10-8-15(9-11-16)13-22(2)14-19(23)21-18-7-5-4-6-17(18)20/h3-11H,1,12-14H2,2H3,(H,21,23). The van der Waals surface area contributed by atoms with Gasteiger partial charge in [-0.3, -0.25) is 9.69 Å². The lowest BCUT2D eigenvalue weighted by Crippen LogP contribution is -2.29. The van der Waals surface area contributed by atoms with Crippen LogP contribution in [-0.4, -0.2) is 31.0 Å². The molecule has 0 spiro atoms. The average Bonchev–Trinajstić information content (AvgIpc) is 2.56. The molecule has 0 unspecified atom stereocenters. The van der Waals surface area contributed by atoms with E-state index < -0.39 is 0 Å². The molecule has 0 radical (unpaired) electrons. The van der Waals surface area contributed by atoms with Gasteiger partial charge in [-0.25, -0.2) is 0 Å². The van der Waals surface area contributed by atoms with Crippen LogP contribution in [0.2, 0.25) is 5.02 Å². The molecule has 0 bridgehead atoms. The number of hydrogen-bond acceptors (Lipinski definition) is 3. The van der Waals surface area contributed by atoms with Gasteiger partial charge in [-0.05, 0) is 36.9 Å². The zero-order valence-corrected chi connectivity index (χ0v) is 14.4. The fraction of sp³-hybridized carbons (Fsp3) is 0.211. The molecule has 0 atom stereocenters. The Kier molecular flexibility index (Phi) is 6.85. The first-order valence-electron chi connectivity index (χ1n) is 7.64. The van der Waals surface area contributed by atoms with E-state index in [1.807, 2.05) is 48.3 Å². The van der Waals surface area contributed by atoms with Crippen molar-refractivity contribution in [1.29, 1.82) is 0 Å². The molecule has 0 saturated heterocycles. The number of nitrogens with one attached hydrogen (secondary N) is 1. The molecule has 1 amide bonds. The summed E-state index contributed by atoms with van der Waals surface area (Å²) in [7, 11) is 1.90. The highest BCUT2D eigenvalue weighted by Crippen LogP contribution is 2.20. The molecule has 0 aliphatic heterocycles. The number of anilines is 1. The molecule has 0 aliphatic rings. The minimum absolute atomic E-state index is 0.100. The summed E-state index contributed by atoms with van der Waals surface area (Å²) >= 11 is 6.04. The molecule has 2 aromatic rings. The second-order valence-corrected chi connectivity index (χ2v) is 5.85. The van der Waals surface area contributed by atoms with E-state index in [0.717, 1.165) is 11.3 Å². The molecule has 2 aromatic carbocycles. The van der Waals surface area contributed by atoms with Gasteiger partial charge < -0.3 is 10.1 Å². The van der Waals surface area contributed by atoms with Gasteiger partial charge in [0.05, 0.1) is 17.3 Å². The number of ether oxygens (including phenoxy) is 1. The number of hydrogen-bond donors (Lipinski definition) is 1. The van der Waals surface area contributed by atoms with E-state index in [1.54, 1.807) is 18.2 Å². The van der Waals surface area contributed by atoms with Crippen molar-refractivity contribution in [2.24, 2.45) is 0 Å². The Balaban J connectivity index is 1.84. The third-order valence-corrected chi connectivity index (χ3v) is 3.63. The first-order valence-corrected chi connectivity index (χ1v) is 8.02. The molecular formula is C19H21ClN2O2. The van der Waals surface area contributed by atoms with E-state index in [2.05, 4.69) is 11.9 Å². The number of rotatable bonds is 8. The molecule has 0 heterocycles. The molecule has 5 heteroatoms. The third kappa shape index (κ3) is 5.72. The summed E-state index contributed by atoms with van der Waals surface area (Å²) < 4.78 is 5.45. The van der Waals surface area contributed by atoms with Crippen molar-refractivity contribution in [1.82, 2.24) is 4.90 Å². The minimum Gasteiger partial charge on any atom is -0.490 e. The summed E-state index contributed by atoms with van der Waals surface area (Å²) in [6.45, 7) is 5.05. The Morgan fingerprint density at radius 2 is 1.96 bits per heavy atom. The van der Waals surface area contributed by atoms with Crippen LogP contribution in [-0.2, 0) is 11.3 Å². The third-order valence-electron chi connectivity index (χ3n) is 3.31. The van der Waals surface area contributed by atoms with E-state index in [-0.39, 0.29) is 12.5 Å². The fourth-order valence-electron chi connectivity index (χ4n) is 2.21. The number of benzene rings is 2. The molecule has 0 fully saturated rings. The van der Waals surface area contributed by atoms with Crippen LogP contribution in [0.4, 0.5) is 5.69 Å². The van der Waals surface area contributed by atoms with E-state index in [4.69, 9.17) is 16.3 Å². The molecule has 4 nitrogen and oxygen atoms in total. The predicted molar refractivity (Wildman–Crippen MR) is 98.5 cm³/mol. The molecule has 126 valence electrons. The highest BCUT2D eigenvalue weighted by atomic mass is 35.5. The van der Waals surface area contributed by atoms with E-state index in [9.17, 15) is 4.79 Å². The molecule has 0 aromatic heterocycles. The van der Waals surface area contributed by atoms with Crippen LogP contribution in [0.1, 0.15) is 5.56 Å². The smallest absolute Gasteiger partial charge is 0.238 e. The normalized spacial score (nSPS) is 10.5. The maximum absolute atomic E-state index is 12.1. The predicted octanol–water partition coefficient (Wildman–Crippen LogP) is 3.98. The van der Waals surface area contributed by atoms with Crippen molar-refractivity contribution in [3.05, 3.63) is 71.8 Å². The van der Waals surface area contributed by atoms with Gasteiger partial charge in [0.25, 0.3) is 0 Å². The lowest BCUT2D eigenvalue weighted by atomic mass is 10.2. The number of carbonyl (C=O) groups is 1. The number of para-hydroxylation sites is 1. The van der Waals surface area contributed by atoms with Gasteiger partial charge in [0.15, 0.2) is 0 Å². The van der Waals surface area contributed by atoms with Crippen LogP contribution in [0, 0.1) is 0 Å². The Bertz CT molecular complexity index is 686. The van der Waals surface area contributed by atoms with Crippen molar-refractivity contribution in [3.63, 3.8) is 0 Å². The van der Waals surface area contributed by atoms with Gasteiger partial charge >= 0.3 is 0 Å². The van der Waals surface area contributed by atoms with Crippen molar-refractivity contribution >= 4 is 23.2 Å².